The Hall–Kier alpha value is -1.23. The molecule has 0 unspecified atom stereocenters. The van der Waals surface area contributed by atoms with Gasteiger partial charge < -0.3 is 5.32 Å². The number of sulfonamides is 1. The fraction of sp³-hybridized carbons (Fsp3) is 0. The van der Waals surface area contributed by atoms with Crippen molar-refractivity contribution in [3.05, 3.63) is 56.5 Å². The number of hydrogen-bond donors (Lipinski definition) is 3. The number of nitrogens with one attached hydrogen (secondary N) is 2. The van der Waals surface area contributed by atoms with Crippen molar-refractivity contribution in [2.75, 3.05) is 5.32 Å². The second-order valence-corrected chi connectivity index (χ2v) is 8.39. The van der Waals surface area contributed by atoms with Gasteiger partial charge in [0, 0.05) is 9.50 Å². The smallest absolute Gasteiger partial charge is 0.258 e. The normalized spacial score (nSPS) is 11.0. The average molecular weight is 483 g/mol. The molecule has 2 aromatic carbocycles. The molecule has 2 rings (SSSR count). The zero-order valence-corrected chi connectivity index (χ0v) is 16.9. The van der Waals surface area contributed by atoms with E-state index in [-0.39, 0.29) is 20.6 Å². The van der Waals surface area contributed by atoms with Crippen LogP contribution in [0.4, 0.5) is 5.69 Å². The molecular weight excluding hydrogens is 473 g/mol. The summed E-state index contributed by atoms with van der Waals surface area (Å²) < 4.78 is 23.0. The monoisotopic (exact) mass is 481 g/mol. The van der Waals surface area contributed by atoms with Crippen molar-refractivity contribution in [2.24, 2.45) is 5.14 Å². The summed E-state index contributed by atoms with van der Waals surface area (Å²) in [6.07, 6.45) is 0. The third-order valence-electron chi connectivity index (χ3n) is 2.92. The van der Waals surface area contributed by atoms with Crippen molar-refractivity contribution in [1.29, 1.82) is 0 Å². The van der Waals surface area contributed by atoms with E-state index in [1.54, 1.807) is 0 Å². The number of thiocarbonyl (C=S) groups is 1. The highest BCUT2D eigenvalue weighted by molar-refractivity contribution is 9.10. The predicted octanol–water partition coefficient (Wildman–Crippen LogP) is 3.53. The minimum absolute atomic E-state index is 0.0000669. The van der Waals surface area contributed by atoms with Gasteiger partial charge in [-0.05, 0) is 64.5 Å². The number of carbonyl (C=O) groups is 1. The number of rotatable bonds is 3. The molecule has 0 bridgehead atoms. The molecule has 0 atom stereocenters. The quantitative estimate of drug-likeness (QED) is 0.581. The molecule has 0 spiro atoms. The fourth-order valence-electron chi connectivity index (χ4n) is 1.77. The largest absolute Gasteiger partial charge is 0.331 e. The summed E-state index contributed by atoms with van der Waals surface area (Å²) in [6, 6.07) is 8.52. The molecule has 2 aromatic rings. The summed E-state index contributed by atoms with van der Waals surface area (Å²) in [7, 11) is -3.82. The van der Waals surface area contributed by atoms with E-state index in [2.05, 4.69) is 26.6 Å². The maximum Gasteiger partial charge on any atom is 0.258 e. The van der Waals surface area contributed by atoms with Crippen molar-refractivity contribution in [3.63, 3.8) is 0 Å². The lowest BCUT2D eigenvalue weighted by atomic mass is 10.2. The second kappa shape index (κ2) is 7.98. The van der Waals surface area contributed by atoms with E-state index in [9.17, 15) is 13.2 Å². The van der Waals surface area contributed by atoms with Gasteiger partial charge in [-0.15, -0.1) is 0 Å². The number of nitrogens with two attached hydrogens (primary N) is 1. The van der Waals surface area contributed by atoms with Crippen molar-refractivity contribution >= 4 is 78.1 Å². The van der Waals surface area contributed by atoms with E-state index in [0.29, 0.717) is 15.2 Å². The van der Waals surface area contributed by atoms with Crippen LogP contribution < -0.4 is 15.8 Å². The molecule has 0 radical (unpaired) electrons. The molecule has 0 aliphatic rings. The summed E-state index contributed by atoms with van der Waals surface area (Å²) in [5, 5.41) is 10.9. The minimum Gasteiger partial charge on any atom is -0.331 e. The summed E-state index contributed by atoms with van der Waals surface area (Å²) >= 11 is 20.0. The van der Waals surface area contributed by atoms with E-state index in [1.165, 1.54) is 36.4 Å². The molecule has 25 heavy (non-hydrogen) atoms. The van der Waals surface area contributed by atoms with Crippen LogP contribution in [0.3, 0.4) is 0 Å². The lowest BCUT2D eigenvalue weighted by molar-refractivity contribution is 0.0978. The molecule has 0 aliphatic carbocycles. The minimum atomic E-state index is -3.82. The molecule has 0 fully saturated rings. The van der Waals surface area contributed by atoms with E-state index in [0.717, 1.165) is 0 Å². The van der Waals surface area contributed by atoms with Crippen LogP contribution in [0.1, 0.15) is 10.4 Å². The standard InChI is InChI=1S/C14H10BrCl2N3O3S2/c15-10-6-8(25(18,22)23)2-4-12(10)19-14(24)20-13(21)9-3-1-7(16)5-11(9)17/h1-6H,(H2,18,22,23)(H2,19,20,21,24). The van der Waals surface area contributed by atoms with Crippen molar-refractivity contribution in [2.45, 2.75) is 4.90 Å². The molecule has 6 nitrogen and oxygen atoms in total. The van der Waals surface area contributed by atoms with Crippen LogP contribution in [0.5, 0.6) is 0 Å². The van der Waals surface area contributed by atoms with Crippen LogP contribution in [0.25, 0.3) is 0 Å². The molecule has 11 heteroatoms. The Kier molecular flexibility index (Phi) is 6.41. The van der Waals surface area contributed by atoms with Gasteiger partial charge in [-0.2, -0.15) is 0 Å². The predicted molar refractivity (Wildman–Crippen MR) is 106 cm³/mol. The zero-order valence-electron chi connectivity index (χ0n) is 12.2. The Bertz CT molecular complexity index is 968. The van der Waals surface area contributed by atoms with Gasteiger partial charge >= 0.3 is 0 Å². The van der Waals surface area contributed by atoms with Gasteiger partial charge in [0.15, 0.2) is 5.11 Å². The van der Waals surface area contributed by atoms with Crippen LogP contribution in [0.2, 0.25) is 10.0 Å². The molecule has 0 aliphatic heterocycles. The molecule has 132 valence electrons. The number of anilines is 1. The lowest BCUT2D eigenvalue weighted by Gasteiger charge is -2.12. The average Bonchev–Trinajstić information content (AvgIpc) is 2.47. The Morgan fingerprint density at radius 3 is 2.40 bits per heavy atom. The fourth-order valence-corrected chi connectivity index (χ4v) is 3.64. The number of hydrogen-bond acceptors (Lipinski definition) is 4. The topological polar surface area (TPSA) is 101 Å². The highest BCUT2D eigenvalue weighted by Crippen LogP contribution is 2.25. The van der Waals surface area contributed by atoms with E-state index >= 15 is 0 Å². The summed E-state index contributed by atoms with van der Waals surface area (Å²) in [4.78, 5) is 12.1. The number of carbonyl (C=O) groups excluding carboxylic acids is 1. The van der Waals surface area contributed by atoms with Gasteiger partial charge in [0.2, 0.25) is 10.0 Å². The summed E-state index contributed by atoms with van der Waals surface area (Å²) in [6.45, 7) is 0. The Morgan fingerprint density at radius 2 is 1.84 bits per heavy atom. The first-order valence-electron chi connectivity index (χ1n) is 6.47. The van der Waals surface area contributed by atoms with E-state index in [4.69, 9.17) is 40.6 Å². The highest BCUT2D eigenvalue weighted by Gasteiger charge is 2.14. The molecular formula is C14H10BrCl2N3O3S2. The maximum absolute atomic E-state index is 12.2. The number of halogens is 3. The van der Waals surface area contributed by atoms with Crippen LogP contribution in [-0.2, 0) is 10.0 Å². The number of benzene rings is 2. The second-order valence-electron chi connectivity index (χ2n) is 4.72. The van der Waals surface area contributed by atoms with Crippen molar-refractivity contribution < 1.29 is 13.2 Å². The van der Waals surface area contributed by atoms with Crippen LogP contribution in [0, 0.1) is 0 Å². The van der Waals surface area contributed by atoms with Crippen molar-refractivity contribution in [3.8, 4) is 0 Å². The maximum atomic E-state index is 12.2. The molecule has 0 aromatic heterocycles. The summed E-state index contributed by atoms with van der Waals surface area (Å²) in [5.74, 6) is -0.517. The highest BCUT2D eigenvalue weighted by atomic mass is 79.9. The lowest BCUT2D eigenvalue weighted by Crippen LogP contribution is -2.34. The van der Waals surface area contributed by atoms with Gasteiger partial charge in [0.1, 0.15) is 0 Å². The van der Waals surface area contributed by atoms with Gasteiger partial charge in [0.25, 0.3) is 5.91 Å². The van der Waals surface area contributed by atoms with Crippen LogP contribution >= 0.6 is 51.3 Å². The van der Waals surface area contributed by atoms with Crippen LogP contribution in [-0.4, -0.2) is 19.4 Å². The first kappa shape index (κ1) is 20.1. The molecule has 4 N–H and O–H groups in total. The van der Waals surface area contributed by atoms with E-state index < -0.39 is 15.9 Å². The summed E-state index contributed by atoms with van der Waals surface area (Å²) in [5.41, 5.74) is 0.652. The third-order valence-corrected chi connectivity index (χ3v) is 5.24. The Morgan fingerprint density at radius 1 is 1.16 bits per heavy atom. The van der Waals surface area contributed by atoms with Gasteiger partial charge in [-0.25, -0.2) is 13.6 Å². The number of amides is 1. The first-order chi connectivity index (χ1) is 11.6. The van der Waals surface area contributed by atoms with Gasteiger partial charge in [-0.1, -0.05) is 23.2 Å². The number of primary sulfonamides is 1. The zero-order chi connectivity index (χ0) is 18.8. The van der Waals surface area contributed by atoms with Crippen molar-refractivity contribution in [1.82, 2.24) is 5.32 Å². The molecule has 0 heterocycles. The Labute approximate surface area is 167 Å². The van der Waals surface area contributed by atoms with Gasteiger partial charge in [0.05, 0.1) is 21.2 Å². The van der Waals surface area contributed by atoms with E-state index in [1.807, 2.05) is 0 Å². The molecule has 0 saturated carbocycles. The van der Waals surface area contributed by atoms with Crippen LogP contribution in [0.15, 0.2) is 45.8 Å². The first-order valence-corrected chi connectivity index (χ1v) is 9.98. The third kappa shape index (κ3) is 5.37. The molecule has 0 saturated heterocycles. The van der Waals surface area contributed by atoms with Gasteiger partial charge in [-0.3, -0.25) is 10.1 Å². The Balaban J connectivity index is 2.11. The molecule has 1 amide bonds. The SMILES string of the molecule is NS(=O)(=O)c1ccc(NC(=S)NC(=O)c2ccc(Cl)cc2Cl)c(Br)c1.